The van der Waals surface area contributed by atoms with Gasteiger partial charge >= 0.3 is 0 Å². The molecule has 2 aromatic rings. The molecule has 3 rings (SSSR count). The molecule has 0 bridgehead atoms. The number of phenolic OH excluding ortho intramolecular Hbond substituents is 1. The zero-order valence-corrected chi connectivity index (χ0v) is 14.0. The molecule has 124 valence electrons. The van der Waals surface area contributed by atoms with E-state index in [1.807, 2.05) is 37.9 Å². The molecule has 1 aliphatic rings. The molecule has 0 aromatic heterocycles. The Labute approximate surface area is 141 Å². The van der Waals surface area contributed by atoms with E-state index in [2.05, 4.69) is 0 Å². The van der Waals surface area contributed by atoms with Crippen molar-refractivity contribution in [1.82, 2.24) is 9.80 Å². The predicted octanol–water partition coefficient (Wildman–Crippen LogP) is 2.69. The molecule has 0 saturated carbocycles. The fourth-order valence-corrected chi connectivity index (χ4v) is 3.12. The van der Waals surface area contributed by atoms with Crippen molar-refractivity contribution in [2.45, 2.75) is 20.4 Å². The first-order chi connectivity index (χ1) is 11.4. The van der Waals surface area contributed by atoms with Gasteiger partial charge in [0.15, 0.2) is 0 Å². The molecule has 0 unspecified atom stereocenters. The van der Waals surface area contributed by atoms with Crippen LogP contribution in [0.4, 0.5) is 0 Å². The van der Waals surface area contributed by atoms with E-state index in [1.165, 1.54) is 4.90 Å². The maximum Gasteiger partial charge on any atom is 0.262 e. The number of fused-ring (bicyclic) bond motifs is 1. The summed E-state index contributed by atoms with van der Waals surface area (Å²) in [6, 6.07) is 10.7. The zero-order valence-electron chi connectivity index (χ0n) is 14.0. The van der Waals surface area contributed by atoms with Gasteiger partial charge in [-0.25, -0.2) is 0 Å². The van der Waals surface area contributed by atoms with Gasteiger partial charge in [0.2, 0.25) is 0 Å². The number of rotatable bonds is 4. The van der Waals surface area contributed by atoms with Crippen LogP contribution in [0.3, 0.4) is 0 Å². The molecule has 1 heterocycles. The Bertz CT molecular complexity index is 794. The SMILES string of the molecule is Cc1cc(C)c(O)c(CN(C)CN2C(=O)c3ccccc3C2=O)c1. The Balaban J connectivity index is 1.76. The quantitative estimate of drug-likeness (QED) is 0.879. The van der Waals surface area contributed by atoms with Crippen LogP contribution in [0.25, 0.3) is 0 Å². The van der Waals surface area contributed by atoms with Crippen LogP contribution in [-0.2, 0) is 6.54 Å². The molecule has 5 heteroatoms. The molecule has 0 atom stereocenters. The van der Waals surface area contributed by atoms with Crippen LogP contribution < -0.4 is 0 Å². The first kappa shape index (κ1) is 16.2. The van der Waals surface area contributed by atoms with Crippen LogP contribution in [0.2, 0.25) is 0 Å². The third-order valence-electron chi connectivity index (χ3n) is 4.23. The highest BCUT2D eigenvalue weighted by Gasteiger charge is 2.35. The summed E-state index contributed by atoms with van der Waals surface area (Å²) >= 11 is 0. The number of hydrogen-bond acceptors (Lipinski definition) is 4. The van der Waals surface area contributed by atoms with Gasteiger partial charge in [0, 0.05) is 12.1 Å². The van der Waals surface area contributed by atoms with Crippen molar-refractivity contribution in [3.63, 3.8) is 0 Å². The Morgan fingerprint density at radius 3 is 2.21 bits per heavy atom. The topological polar surface area (TPSA) is 60.9 Å². The van der Waals surface area contributed by atoms with E-state index in [1.54, 1.807) is 24.3 Å². The van der Waals surface area contributed by atoms with Crippen molar-refractivity contribution < 1.29 is 14.7 Å². The molecule has 1 aliphatic heterocycles. The Morgan fingerprint density at radius 1 is 1.04 bits per heavy atom. The van der Waals surface area contributed by atoms with Crippen LogP contribution in [0.15, 0.2) is 36.4 Å². The molecule has 0 saturated heterocycles. The van der Waals surface area contributed by atoms with Gasteiger partial charge in [0.05, 0.1) is 17.8 Å². The van der Waals surface area contributed by atoms with E-state index in [0.29, 0.717) is 17.7 Å². The molecule has 0 spiro atoms. The van der Waals surface area contributed by atoms with Gasteiger partial charge in [-0.15, -0.1) is 0 Å². The molecule has 0 aliphatic carbocycles. The number of hydrogen-bond donors (Lipinski definition) is 1. The Hall–Kier alpha value is -2.66. The average Bonchev–Trinajstić information content (AvgIpc) is 2.78. The van der Waals surface area contributed by atoms with Gasteiger partial charge < -0.3 is 5.11 Å². The molecule has 24 heavy (non-hydrogen) atoms. The van der Waals surface area contributed by atoms with Crippen molar-refractivity contribution in [3.8, 4) is 5.75 Å². The van der Waals surface area contributed by atoms with Crippen molar-refractivity contribution in [2.75, 3.05) is 13.7 Å². The number of nitrogens with zero attached hydrogens (tertiary/aromatic N) is 2. The van der Waals surface area contributed by atoms with E-state index in [9.17, 15) is 14.7 Å². The standard InChI is InChI=1S/C19H20N2O3/c1-12-8-13(2)17(22)14(9-12)10-20(3)11-21-18(23)15-6-4-5-7-16(15)19(21)24/h4-9,22H,10-11H2,1-3H3. The summed E-state index contributed by atoms with van der Waals surface area (Å²) in [5.74, 6) is -0.283. The lowest BCUT2D eigenvalue weighted by Crippen LogP contribution is -2.39. The van der Waals surface area contributed by atoms with E-state index >= 15 is 0 Å². The number of carbonyl (C=O) groups excluding carboxylic acids is 2. The largest absolute Gasteiger partial charge is 0.507 e. The summed E-state index contributed by atoms with van der Waals surface area (Å²) < 4.78 is 0. The van der Waals surface area contributed by atoms with Crippen LogP contribution in [0.1, 0.15) is 37.4 Å². The number of carbonyl (C=O) groups is 2. The average molecular weight is 324 g/mol. The fourth-order valence-electron chi connectivity index (χ4n) is 3.12. The minimum absolute atomic E-state index is 0.179. The Morgan fingerprint density at radius 2 is 1.62 bits per heavy atom. The number of phenols is 1. The van der Waals surface area contributed by atoms with Gasteiger partial charge in [-0.1, -0.05) is 29.8 Å². The summed E-state index contributed by atoms with van der Waals surface area (Å²) in [4.78, 5) is 27.9. The van der Waals surface area contributed by atoms with Crippen LogP contribution >= 0.6 is 0 Å². The fraction of sp³-hybridized carbons (Fsp3) is 0.263. The minimum atomic E-state index is -0.271. The lowest BCUT2D eigenvalue weighted by molar-refractivity contribution is 0.0559. The zero-order chi connectivity index (χ0) is 17.4. The molecular formula is C19H20N2O3. The second-order valence-corrected chi connectivity index (χ2v) is 6.33. The van der Waals surface area contributed by atoms with E-state index in [-0.39, 0.29) is 24.2 Å². The highest BCUT2D eigenvalue weighted by molar-refractivity contribution is 6.21. The third kappa shape index (κ3) is 2.78. The smallest absolute Gasteiger partial charge is 0.262 e. The van der Waals surface area contributed by atoms with Crippen LogP contribution in [-0.4, -0.2) is 40.4 Å². The molecule has 2 aromatic carbocycles. The van der Waals surface area contributed by atoms with Crippen molar-refractivity contribution in [1.29, 1.82) is 0 Å². The maximum absolute atomic E-state index is 12.4. The third-order valence-corrected chi connectivity index (χ3v) is 4.23. The van der Waals surface area contributed by atoms with Crippen molar-refractivity contribution >= 4 is 11.8 Å². The van der Waals surface area contributed by atoms with E-state index in [0.717, 1.165) is 16.7 Å². The summed E-state index contributed by atoms with van der Waals surface area (Å²) in [6.07, 6.45) is 0. The normalized spacial score (nSPS) is 13.8. The molecule has 1 N–H and O–H groups in total. The number of aromatic hydroxyl groups is 1. The van der Waals surface area contributed by atoms with E-state index < -0.39 is 0 Å². The van der Waals surface area contributed by atoms with Gasteiger partial charge in [-0.05, 0) is 38.6 Å². The number of imide groups is 1. The van der Waals surface area contributed by atoms with Gasteiger partial charge in [-0.2, -0.15) is 0 Å². The molecule has 0 fully saturated rings. The van der Waals surface area contributed by atoms with Gasteiger partial charge in [0.1, 0.15) is 5.75 Å². The summed E-state index contributed by atoms with van der Waals surface area (Å²) in [7, 11) is 1.82. The number of aryl methyl sites for hydroxylation is 2. The monoisotopic (exact) mass is 324 g/mol. The second kappa shape index (κ2) is 6.09. The van der Waals surface area contributed by atoms with Crippen LogP contribution in [0.5, 0.6) is 5.75 Å². The maximum atomic E-state index is 12.4. The van der Waals surface area contributed by atoms with Crippen molar-refractivity contribution in [3.05, 3.63) is 64.2 Å². The lowest BCUT2D eigenvalue weighted by atomic mass is 10.1. The lowest BCUT2D eigenvalue weighted by Gasteiger charge is -2.23. The molecule has 5 nitrogen and oxygen atoms in total. The molecule has 0 radical (unpaired) electrons. The van der Waals surface area contributed by atoms with Gasteiger partial charge in [-0.3, -0.25) is 19.4 Å². The molecular weight excluding hydrogens is 304 g/mol. The molecule has 2 amide bonds. The van der Waals surface area contributed by atoms with Crippen molar-refractivity contribution in [2.24, 2.45) is 0 Å². The number of benzene rings is 2. The number of amides is 2. The minimum Gasteiger partial charge on any atom is -0.507 e. The van der Waals surface area contributed by atoms with E-state index in [4.69, 9.17) is 0 Å². The Kier molecular flexibility index (Phi) is 4.11. The second-order valence-electron chi connectivity index (χ2n) is 6.33. The highest BCUT2D eigenvalue weighted by Crippen LogP contribution is 2.26. The predicted molar refractivity (Wildman–Crippen MR) is 90.9 cm³/mol. The first-order valence-electron chi connectivity index (χ1n) is 7.81. The summed E-state index contributed by atoms with van der Waals surface area (Å²) in [5.41, 5.74) is 3.57. The van der Waals surface area contributed by atoms with Crippen LogP contribution in [0, 0.1) is 13.8 Å². The summed E-state index contributed by atoms with van der Waals surface area (Å²) in [5, 5.41) is 10.2. The highest BCUT2D eigenvalue weighted by atomic mass is 16.3. The first-order valence-corrected chi connectivity index (χ1v) is 7.81. The summed E-state index contributed by atoms with van der Waals surface area (Å²) in [6.45, 7) is 4.45. The van der Waals surface area contributed by atoms with Gasteiger partial charge in [0.25, 0.3) is 11.8 Å².